The van der Waals surface area contributed by atoms with Crippen LogP contribution in [0, 0.1) is 0 Å². The number of hydrogen-bond donors (Lipinski definition) is 2. The molecule has 0 aliphatic heterocycles. The highest BCUT2D eigenvalue weighted by atomic mass is 32.1. The lowest BCUT2D eigenvalue weighted by Gasteiger charge is -2.15. The fraction of sp³-hybridized carbons (Fsp3) is 0.636. The van der Waals surface area contributed by atoms with Crippen LogP contribution in [0.2, 0.25) is 0 Å². The van der Waals surface area contributed by atoms with E-state index in [9.17, 15) is 13.2 Å². The van der Waals surface area contributed by atoms with E-state index < -0.39 is 12.6 Å². The molecule has 0 bridgehead atoms. The molecule has 1 atom stereocenters. The van der Waals surface area contributed by atoms with Crippen molar-refractivity contribution in [1.29, 1.82) is 0 Å². The number of halogens is 3. The van der Waals surface area contributed by atoms with E-state index in [1.165, 1.54) is 4.88 Å². The second kappa shape index (κ2) is 6.37. The average molecular weight is 266 g/mol. The number of nitrogens with two attached hydrogens (primary N) is 1. The van der Waals surface area contributed by atoms with Crippen LogP contribution in [-0.2, 0) is 12.8 Å². The molecule has 0 aromatic carbocycles. The van der Waals surface area contributed by atoms with Crippen LogP contribution in [0.4, 0.5) is 13.2 Å². The Kier molecular flexibility index (Phi) is 5.42. The van der Waals surface area contributed by atoms with Gasteiger partial charge in [-0.2, -0.15) is 13.2 Å². The van der Waals surface area contributed by atoms with Gasteiger partial charge < -0.3 is 0 Å². The van der Waals surface area contributed by atoms with Crippen LogP contribution >= 0.6 is 11.3 Å². The molecule has 17 heavy (non-hydrogen) atoms. The van der Waals surface area contributed by atoms with Gasteiger partial charge in [0.25, 0.3) is 0 Å². The van der Waals surface area contributed by atoms with Gasteiger partial charge in [0.2, 0.25) is 0 Å². The summed E-state index contributed by atoms with van der Waals surface area (Å²) in [5, 5.41) is 0. The Balaban J connectivity index is 2.46. The molecule has 0 aliphatic carbocycles. The largest absolute Gasteiger partial charge is 0.389 e. The van der Waals surface area contributed by atoms with Gasteiger partial charge in [-0.05, 0) is 31.4 Å². The van der Waals surface area contributed by atoms with E-state index >= 15 is 0 Å². The first-order valence-electron chi connectivity index (χ1n) is 5.55. The Morgan fingerprint density at radius 3 is 2.47 bits per heavy atom. The summed E-state index contributed by atoms with van der Waals surface area (Å²) in [5.74, 6) is 5.28. The number of rotatable bonds is 6. The molecule has 1 aromatic rings. The third kappa shape index (κ3) is 5.52. The monoisotopic (exact) mass is 266 g/mol. The molecular formula is C11H17F3N2S. The van der Waals surface area contributed by atoms with E-state index in [1.54, 1.807) is 11.3 Å². The third-order valence-corrected chi connectivity index (χ3v) is 3.78. The summed E-state index contributed by atoms with van der Waals surface area (Å²) in [4.78, 5) is 2.32. The molecule has 3 N–H and O–H groups in total. The maximum absolute atomic E-state index is 12.1. The summed E-state index contributed by atoms with van der Waals surface area (Å²) >= 11 is 1.63. The van der Waals surface area contributed by atoms with Crippen LogP contribution in [0.15, 0.2) is 12.1 Å². The quantitative estimate of drug-likeness (QED) is 0.613. The van der Waals surface area contributed by atoms with E-state index in [2.05, 4.69) is 12.3 Å². The standard InChI is InChI=1S/C11H17F3N2S/c1-2-9-3-4-10(17-9)7-8(16-15)5-6-11(12,13)14/h3-4,8,16H,2,5-7,15H2,1H3. The minimum absolute atomic E-state index is 0.0133. The molecule has 0 saturated carbocycles. The number of thiophene rings is 1. The maximum Gasteiger partial charge on any atom is 0.389 e. The number of nitrogens with one attached hydrogen (secondary N) is 1. The zero-order chi connectivity index (χ0) is 12.9. The van der Waals surface area contributed by atoms with Gasteiger partial charge in [-0.25, -0.2) is 0 Å². The first-order chi connectivity index (χ1) is 7.94. The van der Waals surface area contributed by atoms with Gasteiger partial charge in [0.1, 0.15) is 0 Å². The Hall–Kier alpha value is -0.590. The summed E-state index contributed by atoms with van der Waals surface area (Å²) < 4.78 is 36.3. The first kappa shape index (κ1) is 14.5. The highest BCUT2D eigenvalue weighted by Gasteiger charge is 2.28. The summed E-state index contributed by atoms with van der Waals surface area (Å²) in [6.07, 6.45) is -3.39. The molecule has 0 amide bonds. The van der Waals surface area contributed by atoms with E-state index in [0.29, 0.717) is 6.42 Å². The summed E-state index contributed by atoms with van der Waals surface area (Å²) in [5.41, 5.74) is 2.46. The van der Waals surface area contributed by atoms with Crippen molar-refractivity contribution in [2.24, 2.45) is 5.84 Å². The second-order valence-electron chi connectivity index (χ2n) is 3.94. The minimum atomic E-state index is -4.11. The Morgan fingerprint density at radius 2 is 2.00 bits per heavy atom. The van der Waals surface area contributed by atoms with Gasteiger partial charge in [-0.15, -0.1) is 11.3 Å². The van der Waals surface area contributed by atoms with E-state index in [0.717, 1.165) is 11.3 Å². The third-order valence-electron chi connectivity index (χ3n) is 2.53. The van der Waals surface area contributed by atoms with Gasteiger partial charge in [-0.3, -0.25) is 11.3 Å². The molecule has 6 heteroatoms. The van der Waals surface area contributed by atoms with Gasteiger partial charge in [0.05, 0.1) is 0 Å². The van der Waals surface area contributed by atoms with E-state index in [4.69, 9.17) is 5.84 Å². The summed E-state index contributed by atoms with van der Waals surface area (Å²) in [7, 11) is 0. The van der Waals surface area contributed by atoms with Crippen LogP contribution < -0.4 is 11.3 Å². The van der Waals surface area contributed by atoms with Gasteiger partial charge in [0.15, 0.2) is 0 Å². The van der Waals surface area contributed by atoms with Crippen molar-refractivity contribution in [1.82, 2.24) is 5.43 Å². The molecule has 1 aromatic heterocycles. The number of alkyl halides is 3. The van der Waals surface area contributed by atoms with Crippen LogP contribution in [0.25, 0.3) is 0 Å². The topological polar surface area (TPSA) is 38.0 Å². The van der Waals surface area contributed by atoms with E-state index in [-0.39, 0.29) is 12.5 Å². The maximum atomic E-state index is 12.1. The molecule has 1 heterocycles. The van der Waals surface area contributed by atoms with Crippen molar-refractivity contribution in [3.63, 3.8) is 0 Å². The van der Waals surface area contributed by atoms with Crippen LogP contribution in [0.5, 0.6) is 0 Å². The van der Waals surface area contributed by atoms with Crippen molar-refractivity contribution in [2.75, 3.05) is 0 Å². The predicted molar refractivity (Wildman–Crippen MR) is 63.8 cm³/mol. The highest BCUT2D eigenvalue weighted by Crippen LogP contribution is 2.24. The molecule has 0 saturated heterocycles. The average Bonchev–Trinajstić information content (AvgIpc) is 2.70. The molecule has 0 spiro atoms. The molecule has 0 radical (unpaired) electrons. The lowest BCUT2D eigenvalue weighted by Crippen LogP contribution is -2.37. The molecule has 98 valence electrons. The van der Waals surface area contributed by atoms with E-state index in [1.807, 2.05) is 12.1 Å². The number of hydrogen-bond acceptors (Lipinski definition) is 3. The van der Waals surface area contributed by atoms with Gasteiger partial charge in [0, 0.05) is 22.2 Å². The van der Waals surface area contributed by atoms with Crippen molar-refractivity contribution < 1.29 is 13.2 Å². The fourth-order valence-electron chi connectivity index (χ4n) is 1.55. The normalized spacial score (nSPS) is 13.9. The summed E-state index contributed by atoms with van der Waals surface area (Å²) in [6.45, 7) is 2.05. The van der Waals surface area contributed by atoms with Crippen LogP contribution in [0.1, 0.15) is 29.5 Å². The SMILES string of the molecule is CCc1ccc(CC(CCC(F)(F)F)NN)s1. The molecule has 0 aliphatic rings. The van der Waals surface area contributed by atoms with Crippen LogP contribution in [-0.4, -0.2) is 12.2 Å². The molecule has 1 rings (SSSR count). The molecule has 2 nitrogen and oxygen atoms in total. The highest BCUT2D eigenvalue weighted by molar-refractivity contribution is 7.11. The molecular weight excluding hydrogens is 249 g/mol. The smallest absolute Gasteiger partial charge is 0.271 e. The van der Waals surface area contributed by atoms with Crippen molar-refractivity contribution >= 4 is 11.3 Å². The predicted octanol–water partition coefficient (Wildman–Crippen LogP) is 3.03. The van der Waals surface area contributed by atoms with Gasteiger partial charge in [-0.1, -0.05) is 6.92 Å². The Labute approximate surface area is 103 Å². The van der Waals surface area contributed by atoms with Gasteiger partial charge >= 0.3 is 6.18 Å². The zero-order valence-electron chi connectivity index (χ0n) is 9.68. The number of aryl methyl sites for hydroxylation is 1. The van der Waals surface area contributed by atoms with Crippen molar-refractivity contribution in [3.05, 3.63) is 21.9 Å². The second-order valence-corrected chi connectivity index (χ2v) is 5.20. The van der Waals surface area contributed by atoms with Crippen LogP contribution in [0.3, 0.4) is 0 Å². The fourth-order valence-corrected chi connectivity index (χ4v) is 2.58. The summed E-state index contributed by atoms with van der Waals surface area (Å²) in [6, 6.07) is 3.65. The first-order valence-corrected chi connectivity index (χ1v) is 6.36. The Morgan fingerprint density at radius 1 is 1.35 bits per heavy atom. The Bertz CT molecular complexity index is 336. The lowest BCUT2D eigenvalue weighted by atomic mass is 10.1. The molecule has 0 fully saturated rings. The molecule has 1 unspecified atom stereocenters. The van der Waals surface area contributed by atoms with Crippen molar-refractivity contribution in [3.8, 4) is 0 Å². The zero-order valence-corrected chi connectivity index (χ0v) is 10.5. The number of hydrazine groups is 1. The lowest BCUT2D eigenvalue weighted by molar-refractivity contribution is -0.136. The van der Waals surface area contributed by atoms with Crippen molar-refractivity contribution in [2.45, 2.75) is 44.8 Å². The minimum Gasteiger partial charge on any atom is -0.271 e.